The number of Topliss-reactive ketones (excluding diaryl/α,β-unsaturated/α-hetero) is 1. The minimum Gasteiger partial charge on any atom is -0.317 e. The zero-order valence-corrected chi connectivity index (χ0v) is 13.3. The molecule has 0 saturated carbocycles. The topological polar surface area (TPSA) is 22.0 Å². The van der Waals surface area contributed by atoms with Crippen molar-refractivity contribution in [1.29, 1.82) is 0 Å². The largest absolute Gasteiger partial charge is 0.317 e. The Labute approximate surface area is 126 Å². The summed E-state index contributed by atoms with van der Waals surface area (Å²) < 4.78 is 2.26. The van der Waals surface area contributed by atoms with Gasteiger partial charge in [0.2, 0.25) is 0 Å². The van der Waals surface area contributed by atoms with Gasteiger partial charge in [0.15, 0.2) is 5.78 Å². The summed E-state index contributed by atoms with van der Waals surface area (Å²) in [5.74, 6) is 1.28. The molecule has 0 fully saturated rings. The number of nitrogens with zero attached hydrogens (tertiary/aromatic N) is 1. The predicted molar refractivity (Wildman–Crippen MR) is 86.4 cm³/mol. The van der Waals surface area contributed by atoms with Gasteiger partial charge in [-0.25, -0.2) is 0 Å². The van der Waals surface area contributed by atoms with Crippen molar-refractivity contribution in [1.82, 2.24) is 4.57 Å². The molecule has 1 aromatic heterocycles. The van der Waals surface area contributed by atoms with Gasteiger partial charge in [-0.15, -0.1) is 0 Å². The van der Waals surface area contributed by atoms with E-state index in [2.05, 4.69) is 62.6 Å². The molecule has 1 aliphatic carbocycles. The summed E-state index contributed by atoms with van der Waals surface area (Å²) in [7, 11) is 0. The maximum Gasteiger partial charge on any atom is 0.164 e. The Bertz CT molecular complexity index is 676. The van der Waals surface area contributed by atoms with Crippen LogP contribution >= 0.6 is 0 Å². The number of carbonyl (C=O) groups excluding carboxylic acids is 1. The van der Waals surface area contributed by atoms with E-state index >= 15 is 0 Å². The summed E-state index contributed by atoms with van der Waals surface area (Å²) in [5, 5.41) is 0. The lowest BCUT2D eigenvalue weighted by Crippen LogP contribution is -2.19. The molecule has 3 rings (SSSR count). The first-order valence-electron chi connectivity index (χ1n) is 7.82. The van der Waals surface area contributed by atoms with E-state index in [4.69, 9.17) is 0 Å². The van der Waals surface area contributed by atoms with E-state index in [-0.39, 0.29) is 0 Å². The highest BCUT2D eigenvalue weighted by atomic mass is 16.1. The van der Waals surface area contributed by atoms with Crippen molar-refractivity contribution in [2.45, 2.75) is 46.5 Å². The summed E-state index contributed by atoms with van der Waals surface area (Å²) >= 11 is 0. The van der Waals surface area contributed by atoms with E-state index < -0.39 is 0 Å². The Kier molecular flexibility index (Phi) is 3.48. The van der Waals surface area contributed by atoms with E-state index in [0.29, 0.717) is 24.0 Å². The minimum atomic E-state index is 0.296. The molecule has 0 amide bonds. The van der Waals surface area contributed by atoms with Crippen LogP contribution in [-0.4, -0.2) is 10.4 Å². The van der Waals surface area contributed by atoms with Crippen molar-refractivity contribution < 1.29 is 4.79 Å². The second kappa shape index (κ2) is 5.18. The van der Waals surface area contributed by atoms with Crippen molar-refractivity contribution in [3.8, 4) is 5.69 Å². The summed E-state index contributed by atoms with van der Waals surface area (Å²) in [6.07, 6.45) is 1.67. The maximum atomic E-state index is 12.2. The van der Waals surface area contributed by atoms with Crippen molar-refractivity contribution in [3.63, 3.8) is 0 Å². The summed E-state index contributed by atoms with van der Waals surface area (Å²) in [6, 6.07) is 10.8. The summed E-state index contributed by atoms with van der Waals surface area (Å²) in [5.41, 5.74) is 5.79. The zero-order valence-electron chi connectivity index (χ0n) is 13.3. The average molecular weight is 281 g/mol. The van der Waals surface area contributed by atoms with Gasteiger partial charge >= 0.3 is 0 Å². The molecule has 0 aliphatic heterocycles. The fraction of sp³-hybridized carbons (Fsp3) is 0.421. The van der Waals surface area contributed by atoms with Crippen LogP contribution in [0.3, 0.4) is 0 Å². The number of hydrogen-bond acceptors (Lipinski definition) is 1. The smallest absolute Gasteiger partial charge is 0.164 e. The molecule has 1 heterocycles. The molecule has 0 N–H and O–H groups in total. The Morgan fingerprint density at radius 1 is 1.14 bits per heavy atom. The van der Waals surface area contributed by atoms with E-state index in [1.54, 1.807) is 0 Å². The van der Waals surface area contributed by atoms with Crippen LogP contribution in [0.5, 0.6) is 0 Å². The van der Waals surface area contributed by atoms with Gasteiger partial charge in [0.25, 0.3) is 0 Å². The van der Waals surface area contributed by atoms with Crippen LogP contribution in [0, 0.1) is 12.8 Å². The highest BCUT2D eigenvalue weighted by Crippen LogP contribution is 2.31. The van der Waals surface area contributed by atoms with Crippen LogP contribution in [0.2, 0.25) is 0 Å². The van der Waals surface area contributed by atoms with Crippen molar-refractivity contribution >= 4 is 5.78 Å². The number of ketones is 1. The zero-order chi connectivity index (χ0) is 15.1. The number of aromatic nitrogens is 1. The van der Waals surface area contributed by atoms with Gasteiger partial charge in [-0.1, -0.05) is 32.9 Å². The van der Waals surface area contributed by atoms with E-state index in [1.165, 1.54) is 16.9 Å². The molecule has 2 nitrogen and oxygen atoms in total. The van der Waals surface area contributed by atoms with Crippen LogP contribution in [0.25, 0.3) is 5.69 Å². The normalized spacial score (nSPS) is 18.1. The minimum absolute atomic E-state index is 0.296. The van der Waals surface area contributed by atoms with E-state index in [9.17, 15) is 4.79 Å². The molecular weight excluding hydrogens is 258 g/mol. The molecule has 0 unspecified atom stereocenters. The number of carbonyl (C=O) groups is 1. The molecule has 1 aromatic carbocycles. The van der Waals surface area contributed by atoms with Crippen molar-refractivity contribution in [3.05, 3.63) is 52.8 Å². The molecular formula is C19H23NO. The van der Waals surface area contributed by atoms with Gasteiger partial charge in [0.05, 0.1) is 0 Å². The Morgan fingerprint density at radius 3 is 2.43 bits per heavy atom. The van der Waals surface area contributed by atoms with Gasteiger partial charge in [-0.3, -0.25) is 4.79 Å². The molecule has 0 saturated heterocycles. The van der Waals surface area contributed by atoms with Gasteiger partial charge < -0.3 is 4.57 Å². The van der Waals surface area contributed by atoms with Crippen molar-refractivity contribution in [2.24, 2.45) is 5.92 Å². The summed E-state index contributed by atoms with van der Waals surface area (Å²) in [6.45, 7) is 8.66. The molecule has 110 valence electrons. The van der Waals surface area contributed by atoms with E-state index in [1.807, 2.05) is 0 Å². The first kappa shape index (κ1) is 14.1. The molecule has 2 heteroatoms. The molecule has 21 heavy (non-hydrogen) atoms. The Morgan fingerprint density at radius 2 is 1.81 bits per heavy atom. The fourth-order valence-corrected chi connectivity index (χ4v) is 3.33. The van der Waals surface area contributed by atoms with Gasteiger partial charge in [0, 0.05) is 29.1 Å². The number of fused-ring (bicyclic) bond motifs is 1. The Hall–Kier alpha value is -1.83. The van der Waals surface area contributed by atoms with Gasteiger partial charge in [-0.05, 0) is 48.9 Å². The molecule has 1 atom stereocenters. The number of rotatable bonds is 2. The lowest BCUT2D eigenvalue weighted by molar-refractivity contribution is 0.0952. The van der Waals surface area contributed by atoms with Crippen LogP contribution in [-0.2, 0) is 6.42 Å². The van der Waals surface area contributed by atoms with Crippen LogP contribution in [0.4, 0.5) is 0 Å². The molecule has 2 aromatic rings. The molecule has 0 radical (unpaired) electrons. The van der Waals surface area contributed by atoms with Gasteiger partial charge in [-0.2, -0.15) is 0 Å². The fourth-order valence-electron chi connectivity index (χ4n) is 3.33. The van der Waals surface area contributed by atoms with Gasteiger partial charge in [0.1, 0.15) is 0 Å². The highest BCUT2D eigenvalue weighted by Gasteiger charge is 2.27. The first-order chi connectivity index (χ1) is 9.97. The summed E-state index contributed by atoms with van der Waals surface area (Å²) in [4.78, 5) is 12.2. The van der Waals surface area contributed by atoms with Crippen LogP contribution < -0.4 is 0 Å². The molecule has 0 bridgehead atoms. The standard InChI is InChI=1S/C19H23NO/c1-12(2)15-5-7-16(8-6-15)20-14(4)11-17-18(20)9-13(3)10-19(17)21/h5-8,11-13H,9-10H2,1-4H3/t13-/m1/s1. The monoisotopic (exact) mass is 281 g/mol. The quantitative estimate of drug-likeness (QED) is 0.783. The lowest BCUT2D eigenvalue weighted by atomic mass is 9.88. The molecule has 1 aliphatic rings. The second-order valence-corrected chi connectivity index (χ2v) is 6.66. The maximum absolute atomic E-state index is 12.2. The Balaban J connectivity index is 2.09. The highest BCUT2D eigenvalue weighted by molar-refractivity contribution is 5.98. The third-order valence-corrected chi connectivity index (χ3v) is 4.48. The third-order valence-electron chi connectivity index (χ3n) is 4.48. The predicted octanol–water partition coefficient (Wildman–Crippen LogP) is 4.67. The van der Waals surface area contributed by atoms with Crippen LogP contribution in [0.15, 0.2) is 30.3 Å². The van der Waals surface area contributed by atoms with E-state index in [0.717, 1.165) is 17.7 Å². The average Bonchev–Trinajstić information content (AvgIpc) is 2.75. The van der Waals surface area contributed by atoms with Crippen molar-refractivity contribution in [2.75, 3.05) is 0 Å². The number of hydrogen-bond donors (Lipinski definition) is 0. The molecule has 0 spiro atoms. The SMILES string of the molecule is Cc1cc2c(n1-c1ccc(C(C)C)cc1)C[C@@H](C)CC2=O. The third kappa shape index (κ3) is 2.44. The second-order valence-electron chi connectivity index (χ2n) is 6.66. The van der Waals surface area contributed by atoms with Crippen LogP contribution in [0.1, 0.15) is 60.4 Å². The number of aryl methyl sites for hydroxylation is 1. The first-order valence-corrected chi connectivity index (χ1v) is 7.82. The number of benzene rings is 1. The lowest BCUT2D eigenvalue weighted by Gasteiger charge is -2.21.